The van der Waals surface area contributed by atoms with Crippen LogP contribution in [-0.2, 0) is 16.0 Å². The topological polar surface area (TPSA) is 79.5 Å². The summed E-state index contributed by atoms with van der Waals surface area (Å²) < 4.78 is 11.5. The maximum Gasteiger partial charge on any atom is 0.310 e. The monoisotopic (exact) mass is 383 g/mol. The van der Waals surface area contributed by atoms with E-state index in [1.54, 1.807) is 6.07 Å². The second-order valence-electron chi connectivity index (χ2n) is 8.45. The maximum atomic E-state index is 12.1. The Hall–Kier alpha value is -2.48. The van der Waals surface area contributed by atoms with Crippen LogP contribution in [0.3, 0.4) is 0 Å². The Morgan fingerprint density at radius 2 is 2.18 bits per heavy atom. The van der Waals surface area contributed by atoms with E-state index in [4.69, 9.17) is 14.7 Å². The van der Waals surface area contributed by atoms with Crippen molar-refractivity contribution in [2.75, 3.05) is 6.61 Å². The van der Waals surface area contributed by atoms with Crippen molar-refractivity contribution in [1.29, 1.82) is 5.26 Å². The first kappa shape index (κ1) is 20.3. The normalized spacial score (nSPS) is 22.1. The number of allylic oxidation sites excluding steroid dienone is 2. The fourth-order valence-corrected chi connectivity index (χ4v) is 4.43. The van der Waals surface area contributed by atoms with Crippen LogP contribution in [0.1, 0.15) is 69.9 Å². The smallest absolute Gasteiger partial charge is 0.310 e. The number of nitriles is 1. The number of carbonyl (C=O) groups is 1. The van der Waals surface area contributed by atoms with E-state index in [1.165, 1.54) is 5.57 Å². The number of hydrogen-bond donors (Lipinski definition) is 1. The van der Waals surface area contributed by atoms with Gasteiger partial charge in [0.15, 0.2) is 0 Å². The highest BCUT2D eigenvalue weighted by Gasteiger charge is 2.45. The zero-order valence-electron chi connectivity index (χ0n) is 17.0. The van der Waals surface area contributed by atoms with Crippen molar-refractivity contribution in [3.63, 3.8) is 0 Å². The third-order valence-electron chi connectivity index (χ3n) is 5.86. The molecule has 3 rings (SSSR count). The fraction of sp³-hybridized carbons (Fsp3) is 0.565. The number of phenolic OH excluding ortho intramolecular Hbond substituents is 1. The predicted octanol–water partition coefficient (Wildman–Crippen LogP) is 4.78. The molecule has 1 aliphatic carbocycles. The lowest BCUT2D eigenvalue weighted by Gasteiger charge is -2.47. The van der Waals surface area contributed by atoms with Crippen LogP contribution < -0.4 is 4.74 Å². The molecule has 1 aromatic carbocycles. The third-order valence-corrected chi connectivity index (χ3v) is 5.86. The Kier molecular flexibility index (Phi) is 5.98. The quantitative estimate of drug-likeness (QED) is 0.434. The molecule has 2 aliphatic rings. The van der Waals surface area contributed by atoms with Gasteiger partial charge in [-0.1, -0.05) is 11.6 Å². The lowest BCUT2D eigenvalue weighted by Crippen LogP contribution is -2.45. The summed E-state index contributed by atoms with van der Waals surface area (Å²) in [6.07, 6.45) is 6.11. The minimum atomic E-state index is -0.333. The Morgan fingerprint density at radius 1 is 1.39 bits per heavy atom. The first-order valence-corrected chi connectivity index (χ1v) is 10.0. The van der Waals surface area contributed by atoms with E-state index >= 15 is 0 Å². The van der Waals surface area contributed by atoms with Crippen molar-refractivity contribution in [2.24, 2.45) is 5.92 Å². The Balaban J connectivity index is 1.74. The minimum Gasteiger partial charge on any atom is -0.508 e. The number of aromatic hydroxyl groups is 1. The van der Waals surface area contributed by atoms with Gasteiger partial charge in [0.05, 0.1) is 19.1 Å². The molecule has 28 heavy (non-hydrogen) atoms. The van der Waals surface area contributed by atoms with Crippen molar-refractivity contribution >= 4 is 5.97 Å². The number of esters is 1. The van der Waals surface area contributed by atoms with Crippen molar-refractivity contribution in [2.45, 2.75) is 70.8 Å². The number of carbonyl (C=O) groups excluding carboxylic acids is 1. The highest BCUT2D eigenvalue weighted by molar-refractivity contribution is 5.73. The summed E-state index contributed by atoms with van der Waals surface area (Å²) >= 11 is 0. The van der Waals surface area contributed by atoms with Gasteiger partial charge < -0.3 is 14.6 Å². The van der Waals surface area contributed by atoms with Gasteiger partial charge in [0, 0.05) is 23.8 Å². The number of unbranched alkanes of at least 4 members (excludes halogenated alkanes) is 2. The van der Waals surface area contributed by atoms with E-state index in [0.717, 1.165) is 24.8 Å². The molecule has 0 fully saturated rings. The molecule has 2 atom stereocenters. The minimum absolute atomic E-state index is 0.0932. The van der Waals surface area contributed by atoms with Crippen molar-refractivity contribution in [3.8, 4) is 17.6 Å². The molecule has 1 heterocycles. The number of rotatable bonds is 6. The number of nitrogens with zero attached hydrogens (tertiary/aromatic N) is 1. The molecule has 1 aromatic rings. The van der Waals surface area contributed by atoms with Gasteiger partial charge in [-0.05, 0) is 64.2 Å². The largest absolute Gasteiger partial charge is 0.508 e. The van der Waals surface area contributed by atoms with Crippen molar-refractivity contribution in [1.82, 2.24) is 0 Å². The van der Waals surface area contributed by atoms with E-state index in [9.17, 15) is 9.90 Å². The summed E-state index contributed by atoms with van der Waals surface area (Å²) in [6, 6.07) is 5.62. The molecular weight excluding hydrogens is 354 g/mol. The zero-order chi connectivity index (χ0) is 20.3. The first-order valence-electron chi connectivity index (χ1n) is 10.0. The van der Waals surface area contributed by atoms with Crippen LogP contribution in [0.25, 0.3) is 0 Å². The van der Waals surface area contributed by atoms with Crippen molar-refractivity contribution < 1.29 is 19.4 Å². The van der Waals surface area contributed by atoms with Crippen LogP contribution in [0, 0.1) is 17.2 Å². The molecule has 150 valence electrons. The molecular formula is C23H29NO4. The van der Waals surface area contributed by atoms with E-state index in [0.29, 0.717) is 36.7 Å². The summed E-state index contributed by atoms with van der Waals surface area (Å²) in [5, 5.41) is 19.3. The SMILES string of the molecule is CC1=CCC2[C@@H](C1)c1c(O)cc(CC(=O)OCCCCC#N)cc1OC2(C)C. The molecule has 0 bridgehead atoms. The highest BCUT2D eigenvalue weighted by Crippen LogP contribution is 2.54. The molecule has 0 radical (unpaired) electrons. The molecule has 1 aliphatic heterocycles. The lowest BCUT2D eigenvalue weighted by atomic mass is 9.67. The van der Waals surface area contributed by atoms with Gasteiger partial charge in [0.1, 0.15) is 17.1 Å². The van der Waals surface area contributed by atoms with E-state index in [-0.39, 0.29) is 29.7 Å². The molecule has 0 aromatic heterocycles. The number of ether oxygens (including phenoxy) is 2. The van der Waals surface area contributed by atoms with E-state index in [2.05, 4.69) is 32.9 Å². The maximum absolute atomic E-state index is 12.1. The molecule has 1 N–H and O–H groups in total. The van der Waals surface area contributed by atoms with Crippen LogP contribution in [0.15, 0.2) is 23.8 Å². The van der Waals surface area contributed by atoms with Gasteiger partial charge in [0.25, 0.3) is 0 Å². The van der Waals surface area contributed by atoms with Crippen molar-refractivity contribution in [3.05, 3.63) is 34.9 Å². The highest BCUT2D eigenvalue weighted by atomic mass is 16.5. The summed E-state index contributed by atoms with van der Waals surface area (Å²) in [4.78, 5) is 12.1. The van der Waals surface area contributed by atoms with E-state index < -0.39 is 0 Å². The average molecular weight is 383 g/mol. The molecule has 5 heteroatoms. The number of benzene rings is 1. The number of hydrogen-bond acceptors (Lipinski definition) is 5. The summed E-state index contributed by atoms with van der Waals surface area (Å²) in [7, 11) is 0. The second kappa shape index (κ2) is 8.26. The van der Waals surface area contributed by atoms with Gasteiger partial charge in [-0.25, -0.2) is 0 Å². The number of fused-ring (bicyclic) bond motifs is 3. The Morgan fingerprint density at radius 3 is 2.93 bits per heavy atom. The second-order valence-corrected chi connectivity index (χ2v) is 8.45. The average Bonchev–Trinajstić information content (AvgIpc) is 2.60. The lowest BCUT2D eigenvalue weighted by molar-refractivity contribution is -0.142. The Labute approximate surface area is 167 Å². The predicted molar refractivity (Wildman–Crippen MR) is 106 cm³/mol. The van der Waals surface area contributed by atoms with Gasteiger partial charge >= 0.3 is 5.97 Å². The van der Waals surface area contributed by atoms with E-state index in [1.807, 2.05) is 6.07 Å². The Bertz CT molecular complexity index is 819. The van der Waals surface area contributed by atoms with Crippen LogP contribution in [-0.4, -0.2) is 23.3 Å². The summed E-state index contributed by atoms with van der Waals surface area (Å²) in [5.41, 5.74) is 2.57. The zero-order valence-corrected chi connectivity index (χ0v) is 17.0. The van der Waals surface area contributed by atoms with Gasteiger partial charge in [-0.3, -0.25) is 4.79 Å². The van der Waals surface area contributed by atoms with Crippen LogP contribution in [0.5, 0.6) is 11.5 Å². The molecule has 0 spiro atoms. The molecule has 1 unspecified atom stereocenters. The van der Waals surface area contributed by atoms with Gasteiger partial charge in [-0.2, -0.15) is 5.26 Å². The molecule has 0 amide bonds. The standard InChI is InChI=1S/C23H29NO4/c1-15-7-8-18-17(11-15)22-19(25)12-16(13-20(22)28-23(18,2)3)14-21(26)27-10-6-4-5-9-24/h7,12-13,17-18,25H,4-6,8,10-11,14H2,1-3H3/t17-,18?/m1/s1. The molecule has 0 saturated carbocycles. The number of phenols is 1. The summed E-state index contributed by atoms with van der Waals surface area (Å²) in [6.45, 7) is 6.65. The fourth-order valence-electron chi connectivity index (χ4n) is 4.43. The van der Waals surface area contributed by atoms with Crippen LogP contribution in [0.2, 0.25) is 0 Å². The van der Waals surface area contributed by atoms with Crippen LogP contribution >= 0.6 is 0 Å². The van der Waals surface area contributed by atoms with Gasteiger partial charge in [0.2, 0.25) is 0 Å². The van der Waals surface area contributed by atoms with Crippen LogP contribution in [0.4, 0.5) is 0 Å². The molecule has 0 saturated heterocycles. The van der Waals surface area contributed by atoms with Gasteiger partial charge in [-0.15, -0.1) is 0 Å². The first-order chi connectivity index (χ1) is 13.3. The summed E-state index contributed by atoms with van der Waals surface area (Å²) in [5.74, 6) is 1.09. The molecule has 5 nitrogen and oxygen atoms in total. The third kappa shape index (κ3) is 4.32.